The van der Waals surface area contributed by atoms with Gasteiger partial charge in [-0.05, 0) is 48.4 Å². The summed E-state index contributed by atoms with van der Waals surface area (Å²) in [5.41, 5.74) is 1.62. The number of nitrogens with one attached hydrogen (secondary N) is 1. The van der Waals surface area contributed by atoms with Crippen molar-refractivity contribution in [1.29, 1.82) is 5.26 Å². The van der Waals surface area contributed by atoms with Crippen molar-refractivity contribution in [2.24, 2.45) is 0 Å². The van der Waals surface area contributed by atoms with Crippen molar-refractivity contribution in [3.8, 4) is 11.8 Å². The molecule has 0 fully saturated rings. The fourth-order valence-electron chi connectivity index (χ4n) is 1.86. The maximum Gasteiger partial charge on any atom is 0.257 e. The zero-order valence-corrected chi connectivity index (χ0v) is 12.6. The number of nitriles is 1. The lowest BCUT2D eigenvalue weighted by molar-refractivity contribution is -0.123. The second kappa shape index (κ2) is 8.06. The van der Waals surface area contributed by atoms with Crippen molar-refractivity contribution in [1.82, 2.24) is 5.32 Å². The van der Waals surface area contributed by atoms with Crippen LogP contribution < -0.4 is 10.1 Å². The van der Waals surface area contributed by atoms with E-state index in [2.05, 4.69) is 5.32 Å². The first kappa shape index (κ1) is 15.9. The monoisotopic (exact) mass is 314 g/mol. The predicted molar refractivity (Wildman–Crippen MR) is 84.8 cm³/mol. The van der Waals surface area contributed by atoms with Crippen molar-refractivity contribution in [3.05, 3.63) is 64.7 Å². The van der Waals surface area contributed by atoms with Crippen LogP contribution in [-0.4, -0.2) is 19.1 Å². The molecular formula is C17H15ClN2O2. The van der Waals surface area contributed by atoms with Crippen LogP contribution in [0.3, 0.4) is 0 Å². The Morgan fingerprint density at radius 3 is 2.68 bits per heavy atom. The van der Waals surface area contributed by atoms with Crippen molar-refractivity contribution in [2.75, 3.05) is 13.2 Å². The molecule has 0 aliphatic heterocycles. The molecule has 0 spiro atoms. The average Bonchev–Trinajstić information content (AvgIpc) is 2.53. The predicted octanol–water partition coefficient (Wildman–Crippen LogP) is 2.95. The van der Waals surface area contributed by atoms with E-state index in [0.717, 1.165) is 5.56 Å². The molecule has 0 aliphatic rings. The van der Waals surface area contributed by atoms with Crippen LogP contribution in [0.25, 0.3) is 0 Å². The number of carbonyl (C=O) groups excluding carboxylic acids is 1. The van der Waals surface area contributed by atoms with Crippen LogP contribution in [0.5, 0.6) is 5.75 Å². The van der Waals surface area contributed by atoms with Gasteiger partial charge >= 0.3 is 0 Å². The summed E-state index contributed by atoms with van der Waals surface area (Å²) in [5.74, 6) is 0.371. The van der Waals surface area contributed by atoms with Crippen molar-refractivity contribution in [3.63, 3.8) is 0 Å². The van der Waals surface area contributed by atoms with Crippen LogP contribution in [0.15, 0.2) is 48.5 Å². The van der Waals surface area contributed by atoms with Crippen LogP contribution in [0.4, 0.5) is 0 Å². The number of halogens is 1. The highest BCUT2D eigenvalue weighted by molar-refractivity contribution is 6.30. The van der Waals surface area contributed by atoms with E-state index in [9.17, 15) is 4.79 Å². The van der Waals surface area contributed by atoms with Gasteiger partial charge < -0.3 is 10.1 Å². The molecule has 0 heterocycles. The van der Waals surface area contributed by atoms with E-state index in [1.807, 2.05) is 30.3 Å². The van der Waals surface area contributed by atoms with E-state index >= 15 is 0 Å². The third-order valence-electron chi connectivity index (χ3n) is 2.98. The molecule has 4 nitrogen and oxygen atoms in total. The van der Waals surface area contributed by atoms with Crippen LogP contribution in [0.1, 0.15) is 11.1 Å². The van der Waals surface area contributed by atoms with Gasteiger partial charge in [-0.25, -0.2) is 0 Å². The molecule has 5 heteroatoms. The molecule has 1 N–H and O–H groups in total. The lowest BCUT2D eigenvalue weighted by atomic mass is 10.1. The largest absolute Gasteiger partial charge is 0.484 e. The quantitative estimate of drug-likeness (QED) is 0.891. The first-order valence-corrected chi connectivity index (χ1v) is 7.19. The SMILES string of the molecule is N#Cc1ccc(OCC(=O)NCCc2cccc(Cl)c2)cc1. The number of rotatable bonds is 6. The van der Waals surface area contributed by atoms with Crippen molar-refractivity contribution >= 4 is 17.5 Å². The Labute approximate surface area is 134 Å². The number of hydrogen-bond acceptors (Lipinski definition) is 3. The van der Waals surface area contributed by atoms with Gasteiger partial charge in [-0.15, -0.1) is 0 Å². The highest BCUT2D eigenvalue weighted by Gasteiger charge is 2.03. The highest BCUT2D eigenvalue weighted by atomic mass is 35.5. The molecular weight excluding hydrogens is 300 g/mol. The van der Waals surface area contributed by atoms with Crippen LogP contribution in [-0.2, 0) is 11.2 Å². The number of nitrogens with zero attached hydrogens (tertiary/aromatic N) is 1. The summed E-state index contributed by atoms with van der Waals surface area (Å²) >= 11 is 5.90. The van der Waals surface area contributed by atoms with Gasteiger partial charge in [0.15, 0.2) is 6.61 Å². The molecule has 112 valence electrons. The zero-order chi connectivity index (χ0) is 15.8. The van der Waals surface area contributed by atoms with E-state index in [1.165, 1.54) is 0 Å². The van der Waals surface area contributed by atoms with Gasteiger partial charge in [0.1, 0.15) is 5.75 Å². The Morgan fingerprint density at radius 1 is 1.23 bits per heavy atom. The topological polar surface area (TPSA) is 62.1 Å². The van der Waals surface area contributed by atoms with Crippen LogP contribution in [0.2, 0.25) is 5.02 Å². The Kier molecular flexibility index (Phi) is 5.81. The summed E-state index contributed by atoms with van der Waals surface area (Å²) in [4.78, 5) is 11.7. The summed E-state index contributed by atoms with van der Waals surface area (Å²) in [6.45, 7) is 0.470. The molecule has 1 amide bonds. The number of hydrogen-bond donors (Lipinski definition) is 1. The standard InChI is InChI=1S/C17H15ClN2O2/c18-15-3-1-2-13(10-15)8-9-20-17(21)12-22-16-6-4-14(11-19)5-7-16/h1-7,10H,8-9,12H2,(H,20,21). The number of carbonyl (C=O) groups is 1. The smallest absolute Gasteiger partial charge is 0.257 e. The fourth-order valence-corrected chi connectivity index (χ4v) is 2.08. The molecule has 0 unspecified atom stereocenters. The van der Waals surface area contributed by atoms with E-state index < -0.39 is 0 Å². The third kappa shape index (κ3) is 5.12. The molecule has 2 aromatic rings. The Morgan fingerprint density at radius 2 is 2.00 bits per heavy atom. The van der Waals surface area contributed by atoms with Gasteiger partial charge in [0, 0.05) is 11.6 Å². The van der Waals surface area contributed by atoms with Gasteiger partial charge in [-0.2, -0.15) is 5.26 Å². The second-order valence-corrected chi connectivity index (χ2v) is 5.09. The summed E-state index contributed by atoms with van der Waals surface area (Å²) in [6.07, 6.45) is 0.711. The molecule has 2 aromatic carbocycles. The molecule has 0 aliphatic carbocycles. The molecule has 0 aromatic heterocycles. The molecule has 0 atom stereocenters. The number of benzene rings is 2. The van der Waals surface area contributed by atoms with E-state index in [-0.39, 0.29) is 12.5 Å². The van der Waals surface area contributed by atoms with E-state index in [1.54, 1.807) is 24.3 Å². The van der Waals surface area contributed by atoms with Crippen molar-refractivity contribution in [2.45, 2.75) is 6.42 Å². The summed E-state index contributed by atoms with van der Waals surface area (Å²) in [7, 11) is 0. The van der Waals surface area contributed by atoms with E-state index in [4.69, 9.17) is 21.6 Å². The Hall–Kier alpha value is -2.51. The summed E-state index contributed by atoms with van der Waals surface area (Å²) in [6, 6.07) is 16.2. The van der Waals surface area contributed by atoms with Gasteiger partial charge in [0.25, 0.3) is 5.91 Å². The molecule has 0 saturated carbocycles. The normalized spacial score (nSPS) is 9.82. The molecule has 2 rings (SSSR count). The van der Waals surface area contributed by atoms with Gasteiger partial charge in [0.2, 0.25) is 0 Å². The Balaban J connectivity index is 1.70. The van der Waals surface area contributed by atoms with Crippen molar-refractivity contribution < 1.29 is 9.53 Å². The minimum atomic E-state index is -0.189. The number of ether oxygens (including phenoxy) is 1. The highest BCUT2D eigenvalue weighted by Crippen LogP contribution is 2.12. The summed E-state index contributed by atoms with van der Waals surface area (Å²) < 4.78 is 5.35. The lowest BCUT2D eigenvalue weighted by Crippen LogP contribution is -2.30. The fraction of sp³-hybridized carbons (Fsp3) is 0.176. The maximum absolute atomic E-state index is 11.7. The minimum Gasteiger partial charge on any atom is -0.484 e. The molecule has 0 radical (unpaired) electrons. The Bertz CT molecular complexity index is 678. The molecule has 22 heavy (non-hydrogen) atoms. The second-order valence-electron chi connectivity index (χ2n) is 4.65. The average molecular weight is 315 g/mol. The first-order valence-electron chi connectivity index (χ1n) is 6.81. The van der Waals surface area contributed by atoms with Crippen LogP contribution in [0, 0.1) is 11.3 Å². The zero-order valence-electron chi connectivity index (χ0n) is 11.9. The summed E-state index contributed by atoms with van der Waals surface area (Å²) in [5, 5.41) is 12.2. The maximum atomic E-state index is 11.7. The minimum absolute atomic E-state index is 0.0541. The lowest BCUT2D eigenvalue weighted by Gasteiger charge is -2.08. The third-order valence-corrected chi connectivity index (χ3v) is 3.21. The molecule has 0 saturated heterocycles. The molecule has 0 bridgehead atoms. The van der Waals surface area contributed by atoms with Gasteiger partial charge in [-0.1, -0.05) is 23.7 Å². The van der Waals surface area contributed by atoms with Gasteiger partial charge in [-0.3, -0.25) is 4.79 Å². The van der Waals surface area contributed by atoms with E-state index in [0.29, 0.717) is 29.3 Å². The van der Waals surface area contributed by atoms with Gasteiger partial charge in [0.05, 0.1) is 11.6 Å². The first-order chi connectivity index (χ1) is 10.7. The number of amides is 1. The van der Waals surface area contributed by atoms with Crippen LogP contribution >= 0.6 is 11.6 Å².